The number of aromatic nitrogens is 3. The molecule has 0 bridgehead atoms. The first-order valence-electron chi connectivity index (χ1n) is 5.24. The Bertz CT molecular complexity index is 461. The van der Waals surface area contributed by atoms with Crippen LogP contribution in [0.1, 0.15) is 25.7 Å². The molecule has 2 rings (SSSR count). The van der Waals surface area contributed by atoms with E-state index in [2.05, 4.69) is 29.1 Å². The molecule has 0 aromatic carbocycles. The number of hydrogen-bond acceptors (Lipinski definition) is 3. The van der Waals surface area contributed by atoms with E-state index in [-0.39, 0.29) is 6.04 Å². The van der Waals surface area contributed by atoms with E-state index in [1.807, 2.05) is 23.7 Å². The zero-order chi connectivity index (χ0) is 10.8. The van der Waals surface area contributed by atoms with Gasteiger partial charge in [-0.2, -0.15) is 0 Å². The van der Waals surface area contributed by atoms with Crippen LogP contribution in [0.25, 0.3) is 11.2 Å². The van der Waals surface area contributed by atoms with Crippen LogP contribution in [-0.2, 0) is 7.05 Å². The van der Waals surface area contributed by atoms with Gasteiger partial charge in [0.15, 0.2) is 5.65 Å². The van der Waals surface area contributed by atoms with E-state index < -0.39 is 0 Å². The van der Waals surface area contributed by atoms with Gasteiger partial charge in [-0.05, 0) is 25.6 Å². The van der Waals surface area contributed by atoms with Crippen molar-refractivity contribution in [3.05, 3.63) is 24.2 Å². The van der Waals surface area contributed by atoms with Gasteiger partial charge in [0.25, 0.3) is 0 Å². The Labute approximate surface area is 89.3 Å². The summed E-state index contributed by atoms with van der Waals surface area (Å²) in [5.74, 6) is 1.03. The number of hydrogen-bond donors (Lipinski definition) is 1. The number of nitrogens with one attached hydrogen (secondary N) is 1. The Hall–Kier alpha value is -1.42. The second-order valence-corrected chi connectivity index (χ2v) is 3.65. The van der Waals surface area contributed by atoms with Crippen LogP contribution in [0.3, 0.4) is 0 Å². The molecule has 0 aliphatic rings. The molecule has 0 aliphatic heterocycles. The van der Waals surface area contributed by atoms with Crippen molar-refractivity contribution in [1.82, 2.24) is 19.9 Å². The minimum absolute atomic E-state index is 0.259. The van der Waals surface area contributed by atoms with Crippen LogP contribution in [0.15, 0.2) is 18.3 Å². The lowest BCUT2D eigenvalue weighted by Crippen LogP contribution is -2.20. The molecule has 0 aliphatic carbocycles. The maximum atomic E-state index is 4.57. The number of nitrogens with zero attached hydrogens (tertiary/aromatic N) is 3. The van der Waals surface area contributed by atoms with Crippen molar-refractivity contribution < 1.29 is 0 Å². The van der Waals surface area contributed by atoms with E-state index in [4.69, 9.17) is 0 Å². The Morgan fingerprint density at radius 2 is 2.33 bits per heavy atom. The smallest absolute Gasteiger partial charge is 0.159 e. The highest BCUT2D eigenvalue weighted by molar-refractivity contribution is 5.71. The van der Waals surface area contributed by atoms with Crippen molar-refractivity contribution in [2.24, 2.45) is 7.05 Å². The van der Waals surface area contributed by atoms with Crippen molar-refractivity contribution in [3.63, 3.8) is 0 Å². The van der Waals surface area contributed by atoms with Gasteiger partial charge in [0, 0.05) is 13.2 Å². The molecule has 0 spiro atoms. The minimum atomic E-state index is 0.259. The Kier molecular flexibility index (Phi) is 2.68. The lowest BCUT2D eigenvalue weighted by molar-refractivity contribution is 0.550. The predicted molar refractivity (Wildman–Crippen MR) is 60.6 cm³/mol. The molecule has 0 saturated carbocycles. The second kappa shape index (κ2) is 3.98. The van der Waals surface area contributed by atoms with Gasteiger partial charge in [-0.3, -0.25) is 0 Å². The van der Waals surface area contributed by atoms with Gasteiger partial charge < -0.3 is 9.88 Å². The third-order valence-corrected chi connectivity index (χ3v) is 2.56. The summed E-state index contributed by atoms with van der Waals surface area (Å²) in [5.41, 5.74) is 1.90. The summed E-state index contributed by atoms with van der Waals surface area (Å²) in [6.45, 7) is 5.15. The highest BCUT2D eigenvalue weighted by Gasteiger charge is 2.13. The molecule has 2 aromatic heterocycles. The molecule has 2 aromatic rings. The summed E-state index contributed by atoms with van der Waals surface area (Å²) in [5, 5.41) is 3.35. The van der Waals surface area contributed by atoms with Gasteiger partial charge in [0.05, 0.1) is 6.04 Å². The zero-order valence-corrected chi connectivity index (χ0v) is 9.36. The molecule has 1 unspecified atom stereocenters. The highest BCUT2D eigenvalue weighted by atomic mass is 15.1. The fourth-order valence-electron chi connectivity index (χ4n) is 1.83. The summed E-state index contributed by atoms with van der Waals surface area (Å²) in [6, 6.07) is 4.16. The fraction of sp³-hybridized carbons (Fsp3) is 0.455. The Morgan fingerprint density at radius 3 is 3.00 bits per heavy atom. The Morgan fingerprint density at radius 1 is 1.53 bits per heavy atom. The number of imidazole rings is 1. The van der Waals surface area contributed by atoms with Crippen molar-refractivity contribution in [2.45, 2.75) is 19.9 Å². The molecule has 1 atom stereocenters. The van der Waals surface area contributed by atoms with Gasteiger partial charge in [0.1, 0.15) is 11.3 Å². The molecule has 0 radical (unpaired) electrons. The lowest BCUT2D eigenvalue weighted by atomic mass is 10.3. The maximum absolute atomic E-state index is 4.57. The van der Waals surface area contributed by atoms with Crippen LogP contribution in [0.2, 0.25) is 0 Å². The van der Waals surface area contributed by atoms with E-state index >= 15 is 0 Å². The van der Waals surface area contributed by atoms with Crippen LogP contribution in [0.4, 0.5) is 0 Å². The van der Waals surface area contributed by atoms with Crippen LogP contribution in [0, 0.1) is 0 Å². The number of rotatable bonds is 3. The third kappa shape index (κ3) is 1.72. The lowest BCUT2D eigenvalue weighted by Gasteiger charge is -2.11. The summed E-state index contributed by atoms with van der Waals surface area (Å²) < 4.78 is 2.04. The van der Waals surface area contributed by atoms with E-state index in [9.17, 15) is 0 Å². The predicted octanol–water partition coefficient (Wildman–Crippen LogP) is 1.64. The highest BCUT2D eigenvalue weighted by Crippen LogP contribution is 2.16. The molecule has 4 nitrogen and oxygen atoms in total. The van der Waals surface area contributed by atoms with Gasteiger partial charge in [0.2, 0.25) is 0 Å². The third-order valence-electron chi connectivity index (χ3n) is 2.56. The standard InChI is InChI=1S/C11H16N4/c1-4-12-8(2)10-14-9-6-5-7-13-11(9)15(10)3/h5-8,12H,4H2,1-3H3. The van der Waals surface area contributed by atoms with Crippen molar-refractivity contribution >= 4 is 11.2 Å². The van der Waals surface area contributed by atoms with Gasteiger partial charge in [-0.1, -0.05) is 6.92 Å². The molecule has 15 heavy (non-hydrogen) atoms. The minimum Gasteiger partial charge on any atom is -0.315 e. The molecule has 1 N–H and O–H groups in total. The van der Waals surface area contributed by atoms with Crippen LogP contribution >= 0.6 is 0 Å². The van der Waals surface area contributed by atoms with Crippen LogP contribution < -0.4 is 5.32 Å². The maximum Gasteiger partial charge on any atom is 0.159 e. The van der Waals surface area contributed by atoms with Gasteiger partial charge in [-0.15, -0.1) is 0 Å². The number of pyridine rings is 1. The second-order valence-electron chi connectivity index (χ2n) is 3.65. The molecular weight excluding hydrogens is 188 g/mol. The summed E-state index contributed by atoms with van der Waals surface area (Å²) in [6.07, 6.45) is 1.80. The van der Waals surface area contributed by atoms with E-state index in [1.54, 1.807) is 6.20 Å². The van der Waals surface area contributed by atoms with E-state index in [1.165, 1.54) is 0 Å². The summed E-state index contributed by atoms with van der Waals surface area (Å²) in [7, 11) is 2.01. The zero-order valence-electron chi connectivity index (χ0n) is 9.36. The normalized spacial score (nSPS) is 13.3. The summed E-state index contributed by atoms with van der Waals surface area (Å²) in [4.78, 5) is 8.89. The molecule has 4 heteroatoms. The van der Waals surface area contributed by atoms with E-state index in [0.29, 0.717) is 0 Å². The van der Waals surface area contributed by atoms with Crippen molar-refractivity contribution in [2.75, 3.05) is 6.54 Å². The number of aryl methyl sites for hydroxylation is 1. The molecule has 80 valence electrons. The van der Waals surface area contributed by atoms with Crippen LogP contribution in [-0.4, -0.2) is 21.1 Å². The van der Waals surface area contributed by atoms with Gasteiger partial charge in [-0.25, -0.2) is 9.97 Å². The topological polar surface area (TPSA) is 42.7 Å². The van der Waals surface area contributed by atoms with Crippen molar-refractivity contribution in [3.8, 4) is 0 Å². The fourth-order valence-corrected chi connectivity index (χ4v) is 1.83. The SMILES string of the molecule is CCNC(C)c1nc2cccnc2n1C. The largest absolute Gasteiger partial charge is 0.315 e. The average Bonchev–Trinajstić information content (AvgIpc) is 2.57. The molecule has 0 saturated heterocycles. The van der Waals surface area contributed by atoms with Crippen molar-refractivity contribution in [1.29, 1.82) is 0 Å². The molecule has 0 fully saturated rings. The first kappa shape index (κ1) is 10.1. The molecular formula is C11H16N4. The molecule has 2 heterocycles. The average molecular weight is 204 g/mol. The monoisotopic (exact) mass is 204 g/mol. The first-order valence-corrected chi connectivity index (χ1v) is 5.24. The number of fused-ring (bicyclic) bond motifs is 1. The Balaban J connectivity index is 2.48. The van der Waals surface area contributed by atoms with E-state index in [0.717, 1.165) is 23.5 Å². The quantitative estimate of drug-likeness (QED) is 0.826. The first-order chi connectivity index (χ1) is 7.24. The van der Waals surface area contributed by atoms with Crippen LogP contribution in [0.5, 0.6) is 0 Å². The summed E-state index contributed by atoms with van der Waals surface area (Å²) >= 11 is 0. The molecule has 0 amide bonds. The van der Waals surface area contributed by atoms with Gasteiger partial charge >= 0.3 is 0 Å².